The molecule has 0 amide bonds. The number of aromatic nitrogens is 2. The second-order valence-electron chi connectivity index (χ2n) is 5.99. The molecule has 2 aromatic rings. The van der Waals surface area contributed by atoms with Gasteiger partial charge in [0, 0.05) is 37.8 Å². The lowest BCUT2D eigenvalue weighted by Gasteiger charge is -2.23. The number of aromatic amines is 1. The van der Waals surface area contributed by atoms with Crippen LogP contribution in [-0.4, -0.2) is 40.6 Å². The molecule has 1 aromatic heterocycles. The Morgan fingerprint density at radius 2 is 2.29 bits per heavy atom. The Bertz CT molecular complexity index is 712. The molecule has 4 rings (SSSR count). The monoisotopic (exact) mass is 287 g/mol. The number of imidazole rings is 1. The van der Waals surface area contributed by atoms with E-state index in [0.717, 1.165) is 36.6 Å². The predicted octanol–water partition coefficient (Wildman–Crippen LogP) is 1.52. The molecular formula is C14H17N5O2. The van der Waals surface area contributed by atoms with Gasteiger partial charge >= 0.3 is 0 Å². The quantitative estimate of drug-likeness (QED) is 0.646. The van der Waals surface area contributed by atoms with Crippen LogP contribution in [0.2, 0.25) is 0 Å². The van der Waals surface area contributed by atoms with Crippen LogP contribution in [0, 0.1) is 22.0 Å². The van der Waals surface area contributed by atoms with Crippen molar-refractivity contribution in [3.05, 3.63) is 28.3 Å². The third kappa shape index (κ3) is 1.88. The predicted molar refractivity (Wildman–Crippen MR) is 79.4 cm³/mol. The summed E-state index contributed by atoms with van der Waals surface area (Å²) in [6.07, 6.45) is 0. The number of anilines is 1. The van der Waals surface area contributed by atoms with Crippen LogP contribution in [0.5, 0.6) is 0 Å². The van der Waals surface area contributed by atoms with Crippen molar-refractivity contribution in [3.8, 4) is 0 Å². The number of rotatable bonds is 2. The normalized spacial score (nSPS) is 28.2. The Kier molecular flexibility index (Phi) is 2.65. The average Bonchev–Trinajstić information content (AvgIpc) is 3.13. The molecule has 21 heavy (non-hydrogen) atoms. The standard InChI is InChI=1S/C14H17N5O2/c1-8-11-6-15-5-9(11)7-18(8)14-16-12-3-2-10(19(20)21)4-13(12)17-14/h2-4,8-9,11,15H,5-7H2,1H3,(H,16,17). The largest absolute Gasteiger partial charge is 0.339 e. The summed E-state index contributed by atoms with van der Waals surface area (Å²) in [4.78, 5) is 20.6. The number of nitrogens with one attached hydrogen (secondary N) is 2. The van der Waals surface area contributed by atoms with E-state index in [0.29, 0.717) is 17.9 Å². The van der Waals surface area contributed by atoms with Gasteiger partial charge in [-0.1, -0.05) is 0 Å². The molecule has 1 aromatic carbocycles. The fraction of sp³-hybridized carbons (Fsp3) is 0.500. The minimum absolute atomic E-state index is 0.0910. The van der Waals surface area contributed by atoms with Crippen LogP contribution in [0.4, 0.5) is 11.6 Å². The zero-order chi connectivity index (χ0) is 14.6. The molecule has 110 valence electrons. The molecule has 2 saturated heterocycles. The number of H-pyrrole nitrogens is 1. The molecule has 2 aliphatic heterocycles. The van der Waals surface area contributed by atoms with Gasteiger partial charge in [0.05, 0.1) is 16.0 Å². The van der Waals surface area contributed by atoms with E-state index in [1.54, 1.807) is 12.1 Å². The highest BCUT2D eigenvalue weighted by Gasteiger charge is 2.42. The summed E-state index contributed by atoms with van der Waals surface area (Å²) in [5, 5.41) is 14.3. The Hall–Kier alpha value is -2.15. The zero-order valence-corrected chi connectivity index (χ0v) is 11.7. The number of benzene rings is 1. The second-order valence-corrected chi connectivity index (χ2v) is 5.99. The van der Waals surface area contributed by atoms with E-state index >= 15 is 0 Å². The SMILES string of the molecule is CC1C2CNCC2CN1c1nc2ccc([N+](=O)[O-])cc2[nH]1. The van der Waals surface area contributed by atoms with E-state index in [-0.39, 0.29) is 10.6 Å². The topological polar surface area (TPSA) is 87.1 Å². The van der Waals surface area contributed by atoms with Gasteiger partial charge in [-0.2, -0.15) is 0 Å². The van der Waals surface area contributed by atoms with Crippen molar-refractivity contribution in [3.63, 3.8) is 0 Å². The molecule has 2 N–H and O–H groups in total. The first kappa shape index (κ1) is 12.6. The van der Waals surface area contributed by atoms with Crippen LogP contribution in [0.15, 0.2) is 18.2 Å². The van der Waals surface area contributed by atoms with Crippen LogP contribution < -0.4 is 10.2 Å². The van der Waals surface area contributed by atoms with Crippen LogP contribution in [-0.2, 0) is 0 Å². The Labute approximate surface area is 121 Å². The van der Waals surface area contributed by atoms with Gasteiger partial charge in [-0.05, 0) is 24.8 Å². The smallest absolute Gasteiger partial charge is 0.271 e. The van der Waals surface area contributed by atoms with Gasteiger partial charge in [0.15, 0.2) is 0 Å². The molecule has 3 unspecified atom stereocenters. The average molecular weight is 287 g/mol. The summed E-state index contributed by atoms with van der Waals surface area (Å²) < 4.78 is 0. The molecule has 7 nitrogen and oxygen atoms in total. The van der Waals surface area contributed by atoms with Gasteiger partial charge in [-0.15, -0.1) is 0 Å². The lowest BCUT2D eigenvalue weighted by Crippen LogP contribution is -2.33. The van der Waals surface area contributed by atoms with E-state index in [2.05, 4.69) is 27.1 Å². The van der Waals surface area contributed by atoms with Gasteiger partial charge in [0.1, 0.15) is 0 Å². The molecule has 0 bridgehead atoms. The van der Waals surface area contributed by atoms with E-state index in [4.69, 9.17) is 0 Å². The first-order valence-corrected chi connectivity index (χ1v) is 7.25. The second kappa shape index (κ2) is 4.42. The van der Waals surface area contributed by atoms with E-state index in [1.165, 1.54) is 6.07 Å². The van der Waals surface area contributed by atoms with Crippen molar-refractivity contribution in [1.82, 2.24) is 15.3 Å². The zero-order valence-electron chi connectivity index (χ0n) is 11.7. The maximum atomic E-state index is 10.8. The van der Waals surface area contributed by atoms with Crippen molar-refractivity contribution < 1.29 is 4.92 Å². The van der Waals surface area contributed by atoms with Crippen LogP contribution in [0.1, 0.15) is 6.92 Å². The third-order valence-electron chi connectivity index (χ3n) is 4.87. The maximum Gasteiger partial charge on any atom is 0.271 e. The van der Waals surface area contributed by atoms with Gasteiger partial charge in [0.2, 0.25) is 5.95 Å². The summed E-state index contributed by atoms with van der Waals surface area (Å²) >= 11 is 0. The molecule has 3 heterocycles. The van der Waals surface area contributed by atoms with Gasteiger partial charge in [-0.3, -0.25) is 10.1 Å². The first-order chi connectivity index (χ1) is 10.1. The summed E-state index contributed by atoms with van der Waals surface area (Å²) in [5.74, 6) is 2.16. The maximum absolute atomic E-state index is 10.8. The highest BCUT2D eigenvalue weighted by molar-refractivity contribution is 5.80. The molecule has 7 heteroatoms. The van der Waals surface area contributed by atoms with Gasteiger partial charge in [-0.25, -0.2) is 4.98 Å². The molecule has 3 atom stereocenters. The first-order valence-electron chi connectivity index (χ1n) is 7.25. The van der Waals surface area contributed by atoms with E-state index < -0.39 is 0 Å². The minimum atomic E-state index is -0.380. The van der Waals surface area contributed by atoms with Gasteiger partial charge < -0.3 is 15.2 Å². The molecule has 2 fully saturated rings. The molecular weight excluding hydrogens is 270 g/mol. The van der Waals surface area contributed by atoms with Crippen LogP contribution in [0.25, 0.3) is 11.0 Å². The summed E-state index contributed by atoms with van der Waals surface area (Å²) in [5.41, 5.74) is 1.59. The third-order valence-corrected chi connectivity index (χ3v) is 4.87. The molecule has 0 spiro atoms. The molecule has 0 radical (unpaired) electrons. The van der Waals surface area contributed by atoms with Crippen molar-refractivity contribution in [2.24, 2.45) is 11.8 Å². The summed E-state index contributed by atoms with van der Waals surface area (Å²) in [6.45, 7) is 5.35. The number of nitro benzene ring substituents is 1. The number of fused-ring (bicyclic) bond motifs is 2. The highest BCUT2D eigenvalue weighted by Crippen LogP contribution is 2.35. The van der Waals surface area contributed by atoms with E-state index in [9.17, 15) is 10.1 Å². The van der Waals surface area contributed by atoms with Crippen LogP contribution in [0.3, 0.4) is 0 Å². The molecule has 0 aliphatic carbocycles. The highest BCUT2D eigenvalue weighted by atomic mass is 16.6. The van der Waals surface area contributed by atoms with Crippen molar-refractivity contribution in [2.75, 3.05) is 24.5 Å². The Balaban J connectivity index is 1.69. The Morgan fingerprint density at radius 1 is 1.43 bits per heavy atom. The fourth-order valence-corrected chi connectivity index (χ4v) is 3.68. The van der Waals surface area contributed by atoms with Crippen molar-refractivity contribution >= 4 is 22.7 Å². The summed E-state index contributed by atoms with van der Waals surface area (Å²) in [7, 11) is 0. The number of nitro groups is 1. The lowest BCUT2D eigenvalue weighted by atomic mass is 9.95. The number of hydrogen-bond donors (Lipinski definition) is 2. The van der Waals surface area contributed by atoms with Crippen LogP contribution >= 0.6 is 0 Å². The molecule has 2 aliphatic rings. The van der Waals surface area contributed by atoms with Gasteiger partial charge in [0.25, 0.3) is 5.69 Å². The molecule has 0 saturated carbocycles. The lowest BCUT2D eigenvalue weighted by molar-refractivity contribution is -0.384. The minimum Gasteiger partial charge on any atom is -0.339 e. The number of hydrogen-bond acceptors (Lipinski definition) is 5. The summed E-state index contributed by atoms with van der Waals surface area (Å²) in [6, 6.07) is 5.19. The van der Waals surface area contributed by atoms with Crippen molar-refractivity contribution in [1.29, 1.82) is 0 Å². The van der Waals surface area contributed by atoms with Crippen molar-refractivity contribution in [2.45, 2.75) is 13.0 Å². The Morgan fingerprint density at radius 3 is 3.05 bits per heavy atom. The fourth-order valence-electron chi connectivity index (χ4n) is 3.68. The number of nitrogens with zero attached hydrogens (tertiary/aromatic N) is 3. The number of non-ortho nitro benzene ring substituents is 1. The van der Waals surface area contributed by atoms with E-state index in [1.807, 2.05) is 0 Å².